The van der Waals surface area contributed by atoms with Crippen LogP contribution >= 0.6 is 0 Å². The van der Waals surface area contributed by atoms with Crippen molar-refractivity contribution in [1.82, 2.24) is 45.3 Å². The van der Waals surface area contributed by atoms with Gasteiger partial charge in [0.15, 0.2) is 11.4 Å². The number of cyclic esters (lactones) is 1. The molecule has 9 rings (SSSR count). The molecule has 27 nitrogen and oxygen atoms in total. The van der Waals surface area contributed by atoms with E-state index in [2.05, 4.69) is 31.6 Å². The first-order valence-corrected chi connectivity index (χ1v) is 34.7. The predicted octanol–water partition coefficient (Wildman–Crippen LogP) is 4.09. The summed E-state index contributed by atoms with van der Waals surface area (Å²) in [6, 6.07) is 7.39. The summed E-state index contributed by atoms with van der Waals surface area (Å²) in [6.45, 7) is 9.58. The lowest BCUT2D eigenvalue weighted by molar-refractivity contribution is -0.172. The van der Waals surface area contributed by atoms with Crippen molar-refractivity contribution in [1.29, 1.82) is 0 Å². The molecule has 1 aliphatic carbocycles. The highest BCUT2D eigenvalue weighted by Gasteiger charge is 2.48. The van der Waals surface area contributed by atoms with Crippen molar-refractivity contribution in [3.8, 4) is 0 Å². The molecule has 96 heavy (non-hydrogen) atoms. The number of nitrogens with zero attached hydrogens (tertiary/aromatic N) is 6. The van der Waals surface area contributed by atoms with Crippen molar-refractivity contribution in [3.05, 3.63) is 115 Å². The summed E-state index contributed by atoms with van der Waals surface area (Å²) in [5, 5.41) is 31.6. The van der Waals surface area contributed by atoms with Crippen LogP contribution in [0.4, 0.5) is 14.9 Å². The largest absolute Gasteiger partial charge is 0.458 e. The molecule has 6 amide bonds. The van der Waals surface area contributed by atoms with Gasteiger partial charge in [-0.1, -0.05) is 63.6 Å². The maximum absolute atomic E-state index is 15.5. The van der Waals surface area contributed by atoms with Crippen LogP contribution in [0.1, 0.15) is 149 Å². The number of pyridine rings is 1. The first-order valence-electron chi connectivity index (χ1n) is 32.6. The highest BCUT2D eigenvalue weighted by Crippen LogP contribution is 2.51. The molecule has 5 aliphatic rings. The lowest BCUT2D eigenvalue weighted by atomic mass is 9.75. The molecule has 29 heteroatoms. The van der Waals surface area contributed by atoms with Crippen LogP contribution in [-0.2, 0) is 118 Å². The molecule has 5 N–H and O–H groups in total. The van der Waals surface area contributed by atoms with Crippen LogP contribution in [0.3, 0.4) is 0 Å². The Bertz CT molecular complexity index is 3890. The first-order chi connectivity index (χ1) is 45.6. The van der Waals surface area contributed by atoms with Gasteiger partial charge in [-0.3, -0.25) is 48.2 Å². The highest BCUT2D eigenvalue weighted by molar-refractivity contribution is 7.90. The van der Waals surface area contributed by atoms with Crippen LogP contribution in [0.25, 0.3) is 5.57 Å². The normalized spacial score (nSPS) is 19.2. The van der Waals surface area contributed by atoms with Gasteiger partial charge in [0, 0.05) is 85.8 Å². The number of anilines is 1. The molecule has 1 fully saturated rings. The van der Waals surface area contributed by atoms with E-state index in [-0.39, 0.29) is 130 Å². The lowest BCUT2D eigenvalue weighted by Crippen LogP contribution is -2.44. The number of sulfone groups is 1. The van der Waals surface area contributed by atoms with Crippen LogP contribution in [-0.4, -0.2) is 160 Å². The molecule has 0 spiro atoms. The van der Waals surface area contributed by atoms with E-state index in [4.69, 9.17) is 18.9 Å². The van der Waals surface area contributed by atoms with Gasteiger partial charge in [-0.2, -0.15) is 0 Å². The van der Waals surface area contributed by atoms with E-state index in [1.165, 1.54) is 15.5 Å². The van der Waals surface area contributed by atoms with E-state index >= 15 is 4.39 Å². The number of hydrogen-bond donors (Lipinski definition) is 5. The second-order valence-electron chi connectivity index (χ2n) is 25.8. The summed E-state index contributed by atoms with van der Waals surface area (Å²) < 4.78 is 65.4. The molecule has 6 heterocycles. The number of hydrogen-bond acceptors (Lipinski definition) is 20. The molecular formula is C67H85FN10O17S. The zero-order chi connectivity index (χ0) is 69.3. The van der Waals surface area contributed by atoms with Gasteiger partial charge in [0.1, 0.15) is 53.7 Å². The second-order valence-corrected chi connectivity index (χ2v) is 28.1. The maximum atomic E-state index is 15.5. The van der Waals surface area contributed by atoms with Crippen molar-refractivity contribution < 1.29 is 80.0 Å². The number of amides is 6. The van der Waals surface area contributed by atoms with Crippen molar-refractivity contribution in [2.75, 3.05) is 57.0 Å². The zero-order valence-electron chi connectivity index (χ0n) is 55.2. The van der Waals surface area contributed by atoms with Crippen LogP contribution in [0.15, 0.2) is 53.0 Å². The first kappa shape index (κ1) is 71.7. The minimum absolute atomic E-state index is 0.0469. The minimum atomic E-state index is -3.58. The number of Topliss-reactive ketones (excluding diaryl/α,β-unsaturated/α-hetero) is 2. The predicted molar refractivity (Wildman–Crippen MR) is 344 cm³/mol. The maximum Gasteiger partial charge on any atom is 0.411 e. The third-order valence-electron chi connectivity index (χ3n) is 18.4. The number of rotatable bonds is 33. The second kappa shape index (κ2) is 31.1. The number of ether oxygens (including phenoxy) is 4. The SMILES string of the molecule is CC[C@@]1(O)C(=O)OCc2c1cc1n(c2=O)CC2=C3c4c(cc(F)c(C)c4CC[C@@H]3NC(=O)COCN(CCS(C)(=O)=O)C(=O)OCc3ccc(CC(=O)[C@H](C)NC(=O)[C@@H](CC(=O)CCOCCn4cc(CNC(=O)CCCCCN5C(=O)CC(C)C5=O)nn4)C(C)C)cc3)NC21. The molecule has 518 valence electrons. The van der Waals surface area contributed by atoms with Gasteiger partial charge in [0.05, 0.1) is 68.5 Å². The summed E-state index contributed by atoms with van der Waals surface area (Å²) >= 11 is 0. The molecule has 2 aromatic heterocycles. The fourth-order valence-corrected chi connectivity index (χ4v) is 13.3. The molecule has 2 aromatic carbocycles. The third-order valence-corrected chi connectivity index (χ3v) is 19.4. The average molecular weight is 1350 g/mol. The number of carbonyl (C=O) groups is 9. The molecule has 4 aliphatic heterocycles. The van der Waals surface area contributed by atoms with Crippen molar-refractivity contribution in [2.45, 2.75) is 169 Å². The number of fused-ring (bicyclic) bond motifs is 4. The molecule has 0 bridgehead atoms. The Morgan fingerprint density at radius 1 is 0.958 bits per heavy atom. The average Bonchev–Trinajstić information content (AvgIpc) is 1.46. The topological polar surface area (TPSA) is 352 Å². The highest BCUT2D eigenvalue weighted by atomic mass is 32.2. The molecule has 6 atom stereocenters. The number of halogens is 1. The van der Waals surface area contributed by atoms with Crippen molar-refractivity contribution in [2.24, 2.45) is 17.8 Å². The number of esters is 1. The van der Waals surface area contributed by atoms with E-state index in [1.807, 2.05) is 13.8 Å². The Hall–Kier alpha value is -8.54. The third kappa shape index (κ3) is 17.0. The van der Waals surface area contributed by atoms with E-state index in [0.717, 1.165) is 22.3 Å². The molecule has 2 unspecified atom stereocenters. The van der Waals surface area contributed by atoms with Gasteiger partial charge in [-0.05, 0) is 97.4 Å². The summed E-state index contributed by atoms with van der Waals surface area (Å²) in [5.41, 5.74) is 3.69. The summed E-state index contributed by atoms with van der Waals surface area (Å²) in [7, 11) is -3.58. The Morgan fingerprint density at radius 3 is 2.42 bits per heavy atom. The van der Waals surface area contributed by atoms with Gasteiger partial charge >= 0.3 is 12.1 Å². The number of likely N-dealkylation sites (tertiary alicyclic amines) is 1. The summed E-state index contributed by atoms with van der Waals surface area (Å²) in [4.78, 5) is 133. The monoisotopic (exact) mass is 1350 g/mol. The number of ketones is 2. The number of carbonyl (C=O) groups excluding carboxylic acids is 9. The Kier molecular flexibility index (Phi) is 23.3. The number of unbranched alkanes of at least 4 members (excludes halogenated alkanes) is 2. The van der Waals surface area contributed by atoms with Gasteiger partial charge in [-0.15, -0.1) is 5.10 Å². The van der Waals surface area contributed by atoms with Gasteiger partial charge in [-0.25, -0.2) is 27.1 Å². The van der Waals surface area contributed by atoms with Crippen LogP contribution < -0.4 is 26.8 Å². The van der Waals surface area contributed by atoms with Crippen LogP contribution in [0.2, 0.25) is 0 Å². The van der Waals surface area contributed by atoms with Crippen LogP contribution in [0.5, 0.6) is 0 Å². The Balaban J connectivity index is 0.692. The summed E-state index contributed by atoms with van der Waals surface area (Å²) in [5.74, 6) is -4.88. The number of aromatic nitrogens is 4. The number of aliphatic hydroxyl groups is 1. The van der Waals surface area contributed by atoms with Gasteiger partial charge < -0.3 is 49.9 Å². The van der Waals surface area contributed by atoms with Crippen molar-refractivity contribution >= 4 is 74.3 Å². The standard InChI is InChI=1S/C67H85FN10O17S/c1-8-67(89)50-29-54-61-48(33-78(54)64(86)49(50)35-94-65(67)87)60-52(18-17-46-40(5)51(68)30-53(72-61)59(46)60)71-57(82)36-93-37-75(22-25-96(7,90)91)66(88)95-34-43-15-13-42(14-16-43)27-55(80)41(6)70-62(84)47(38(2)3)28-45(79)19-23-92-24-21-76-32-44(73-74-76)31-69-56(81)12-10-9-11-20-77-58(83)26-39(4)63(77)85/h13-16,29-30,32,38-39,41,47,52,61,72,89H,8-12,17-28,31,33-37H2,1-7H3,(H,69,81)(H,70,84)(H,71,82)/t39?,41-,47-,52-,61?,67-/m0/s1. The summed E-state index contributed by atoms with van der Waals surface area (Å²) in [6.07, 6.45) is 4.91. The fraction of sp³-hybridized carbons (Fsp3) is 0.552. The molecule has 0 radical (unpaired) electrons. The molecule has 1 saturated heterocycles. The van der Waals surface area contributed by atoms with Gasteiger partial charge in [0.25, 0.3) is 5.56 Å². The van der Waals surface area contributed by atoms with E-state index in [0.29, 0.717) is 96.5 Å². The fourth-order valence-electron chi connectivity index (χ4n) is 12.8. The van der Waals surface area contributed by atoms with E-state index in [9.17, 15) is 61.5 Å². The van der Waals surface area contributed by atoms with Crippen LogP contribution in [0, 0.1) is 30.5 Å². The van der Waals surface area contributed by atoms with E-state index < -0.39 is 93.8 Å². The number of nitrogens with one attached hydrogen (secondary N) is 4. The Labute approximate surface area is 555 Å². The smallest absolute Gasteiger partial charge is 0.411 e. The molecular weight excluding hydrogens is 1270 g/mol. The number of benzene rings is 2. The zero-order valence-corrected chi connectivity index (χ0v) is 56.0. The molecule has 0 saturated carbocycles. The van der Waals surface area contributed by atoms with E-state index in [1.54, 1.807) is 68.9 Å². The van der Waals surface area contributed by atoms with Crippen molar-refractivity contribution in [3.63, 3.8) is 0 Å². The number of imide groups is 1. The minimum Gasteiger partial charge on any atom is -0.458 e. The van der Waals surface area contributed by atoms with Gasteiger partial charge in [0.2, 0.25) is 29.5 Å². The lowest BCUT2D eigenvalue weighted by Gasteiger charge is -2.38. The quantitative estimate of drug-likeness (QED) is 0.0194. The molecule has 4 aromatic rings. The Morgan fingerprint density at radius 2 is 1.71 bits per heavy atom.